The van der Waals surface area contributed by atoms with E-state index < -0.39 is 0 Å². The molecule has 3 saturated carbocycles. The van der Waals surface area contributed by atoms with Gasteiger partial charge in [0.05, 0.1) is 5.60 Å². The number of rotatable bonds is 0. The van der Waals surface area contributed by atoms with Gasteiger partial charge in [-0.25, -0.2) is 0 Å². The summed E-state index contributed by atoms with van der Waals surface area (Å²) in [5, 5.41) is 10.3. The van der Waals surface area contributed by atoms with Gasteiger partial charge in [-0.05, 0) is 62.7 Å². The van der Waals surface area contributed by atoms with E-state index in [1.54, 1.807) is 5.57 Å². The molecule has 0 heterocycles. The second kappa shape index (κ2) is 2.11. The lowest BCUT2D eigenvalue weighted by Crippen LogP contribution is -2.38. The monoisotopic (exact) mass is 190 g/mol. The maximum atomic E-state index is 10.3. The predicted molar refractivity (Wildman–Crippen MR) is 54.7 cm³/mol. The fraction of sp³-hybridized carbons (Fsp3) is 0.846. The highest BCUT2D eigenvalue weighted by Crippen LogP contribution is 2.66. The number of fused-ring (bicyclic) bond motifs is 8. The van der Waals surface area contributed by atoms with Crippen LogP contribution in [0.1, 0.15) is 39.0 Å². The third kappa shape index (κ3) is 0.701. The smallest absolute Gasteiger partial charge is 0.0693 e. The topological polar surface area (TPSA) is 20.2 Å². The molecule has 5 unspecified atom stereocenters. The van der Waals surface area contributed by atoms with Crippen LogP contribution in [-0.4, -0.2) is 10.7 Å². The summed E-state index contributed by atoms with van der Waals surface area (Å²) in [5.74, 6) is 3.31. The molecule has 4 aliphatic carbocycles. The Bertz CT molecular complexity index is 339. The highest BCUT2D eigenvalue weighted by atomic mass is 16.3. The van der Waals surface area contributed by atoms with Gasteiger partial charge in [0.25, 0.3) is 0 Å². The van der Waals surface area contributed by atoms with Crippen molar-refractivity contribution in [3.8, 4) is 0 Å². The van der Waals surface area contributed by atoms with E-state index in [-0.39, 0.29) is 5.60 Å². The van der Waals surface area contributed by atoms with Crippen LogP contribution >= 0.6 is 0 Å². The molecule has 3 fully saturated rings. The van der Waals surface area contributed by atoms with Crippen LogP contribution in [-0.2, 0) is 0 Å². The standard InChI is InChI=1S/C13H18O/c1-13(14)6-9-5-10(13)12-8-3-2-7(4-8)11(9)12/h7-8,10,12,14H,2-6H2,1H3. The molecule has 14 heavy (non-hydrogen) atoms. The molecular weight excluding hydrogens is 172 g/mol. The van der Waals surface area contributed by atoms with Gasteiger partial charge < -0.3 is 5.11 Å². The molecule has 0 aliphatic heterocycles. The van der Waals surface area contributed by atoms with Gasteiger partial charge in [-0.1, -0.05) is 11.1 Å². The zero-order valence-corrected chi connectivity index (χ0v) is 8.79. The van der Waals surface area contributed by atoms with Crippen LogP contribution in [0, 0.1) is 23.7 Å². The van der Waals surface area contributed by atoms with E-state index >= 15 is 0 Å². The lowest BCUT2D eigenvalue weighted by atomic mass is 9.71. The van der Waals surface area contributed by atoms with Crippen LogP contribution in [0.3, 0.4) is 0 Å². The van der Waals surface area contributed by atoms with Crippen LogP contribution in [0.5, 0.6) is 0 Å². The average molecular weight is 190 g/mol. The molecule has 0 aromatic carbocycles. The molecule has 0 aromatic heterocycles. The molecule has 5 atom stereocenters. The van der Waals surface area contributed by atoms with Crippen LogP contribution in [0.15, 0.2) is 11.1 Å². The number of allylic oxidation sites excluding steroid dienone is 1. The first kappa shape index (κ1) is 7.92. The van der Waals surface area contributed by atoms with E-state index in [1.807, 2.05) is 5.57 Å². The van der Waals surface area contributed by atoms with Gasteiger partial charge in [0.1, 0.15) is 0 Å². The van der Waals surface area contributed by atoms with E-state index in [2.05, 4.69) is 6.92 Å². The second-order valence-electron chi connectivity index (χ2n) is 6.20. The number of aliphatic hydroxyl groups is 1. The summed E-state index contributed by atoms with van der Waals surface area (Å²) >= 11 is 0. The molecule has 1 N–H and O–H groups in total. The van der Waals surface area contributed by atoms with Crippen LogP contribution in [0.2, 0.25) is 0 Å². The van der Waals surface area contributed by atoms with Crippen molar-refractivity contribution < 1.29 is 5.11 Å². The zero-order valence-electron chi connectivity index (χ0n) is 8.79. The SMILES string of the molecule is CC1(O)CC2=C3C4CCC(C4)C3C1C2. The molecule has 76 valence electrons. The minimum absolute atomic E-state index is 0.353. The third-order valence-corrected chi connectivity index (χ3v) is 5.46. The molecule has 0 amide bonds. The Morgan fingerprint density at radius 3 is 3.07 bits per heavy atom. The van der Waals surface area contributed by atoms with Crippen molar-refractivity contribution in [1.29, 1.82) is 0 Å². The summed E-state index contributed by atoms with van der Waals surface area (Å²) in [6.07, 6.45) is 6.58. The summed E-state index contributed by atoms with van der Waals surface area (Å²) in [5.41, 5.74) is 3.14. The van der Waals surface area contributed by atoms with Crippen LogP contribution in [0.4, 0.5) is 0 Å². The third-order valence-electron chi connectivity index (χ3n) is 5.46. The van der Waals surface area contributed by atoms with Crippen molar-refractivity contribution in [3.63, 3.8) is 0 Å². The number of hydrogen-bond donors (Lipinski definition) is 1. The maximum absolute atomic E-state index is 10.3. The molecule has 1 heteroatoms. The van der Waals surface area contributed by atoms with Crippen molar-refractivity contribution in [1.82, 2.24) is 0 Å². The zero-order chi connectivity index (χ0) is 9.50. The van der Waals surface area contributed by atoms with Crippen molar-refractivity contribution in [2.24, 2.45) is 23.7 Å². The first-order valence-electron chi connectivity index (χ1n) is 6.11. The summed E-state index contributed by atoms with van der Waals surface area (Å²) in [6, 6.07) is 0. The number of hydrogen-bond acceptors (Lipinski definition) is 1. The van der Waals surface area contributed by atoms with Gasteiger partial charge in [0.15, 0.2) is 0 Å². The average Bonchev–Trinajstić information content (AvgIpc) is 2.73. The minimum atomic E-state index is -0.353. The molecule has 0 saturated heterocycles. The van der Waals surface area contributed by atoms with Crippen LogP contribution < -0.4 is 0 Å². The minimum Gasteiger partial charge on any atom is -0.390 e. The highest BCUT2D eigenvalue weighted by Gasteiger charge is 2.59. The Kier molecular flexibility index (Phi) is 1.19. The van der Waals surface area contributed by atoms with Gasteiger partial charge in [-0.3, -0.25) is 0 Å². The van der Waals surface area contributed by atoms with Gasteiger partial charge in [-0.2, -0.15) is 0 Å². The lowest BCUT2D eigenvalue weighted by Gasteiger charge is -2.37. The van der Waals surface area contributed by atoms with Gasteiger partial charge >= 0.3 is 0 Å². The summed E-state index contributed by atoms with van der Waals surface area (Å²) in [4.78, 5) is 0. The first-order valence-corrected chi connectivity index (χ1v) is 6.11. The molecule has 0 radical (unpaired) electrons. The van der Waals surface area contributed by atoms with E-state index in [4.69, 9.17) is 0 Å². The van der Waals surface area contributed by atoms with Gasteiger partial charge in [-0.15, -0.1) is 0 Å². The van der Waals surface area contributed by atoms with Crippen molar-refractivity contribution in [2.75, 3.05) is 0 Å². The fourth-order valence-electron chi connectivity index (χ4n) is 5.08. The molecule has 4 bridgehead atoms. The first-order chi connectivity index (χ1) is 6.67. The normalized spacial score (nSPS) is 58.7. The van der Waals surface area contributed by atoms with Crippen molar-refractivity contribution in [3.05, 3.63) is 11.1 Å². The molecule has 4 aliphatic rings. The molecule has 1 nitrogen and oxygen atoms in total. The summed E-state index contributed by atoms with van der Waals surface area (Å²) in [7, 11) is 0. The van der Waals surface area contributed by atoms with Gasteiger partial charge in [0.2, 0.25) is 0 Å². The van der Waals surface area contributed by atoms with E-state index in [0.29, 0.717) is 5.92 Å². The fourth-order valence-corrected chi connectivity index (χ4v) is 5.08. The van der Waals surface area contributed by atoms with Crippen LogP contribution in [0.25, 0.3) is 0 Å². The Hall–Kier alpha value is -0.300. The summed E-state index contributed by atoms with van der Waals surface area (Å²) < 4.78 is 0. The summed E-state index contributed by atoms with van der Waals surface area (Å²) in [6.45, 7) is 2.06. The maximum Gasteiger partial charge on any atom is 0.0693 e. The van der Waals surface area contributed by atoms with Gasteiger partial charge in [0, 0.05) is 0 Å². The van der Waals surface area contributed by atoms with Crippen molar-refractivity contribution in [2.45, 2.75) is 44.6 Å². The molecule has 0 aromatic rings. The Morgan fingerprint density at radius 2 is 2.21 bits per heavy atom. The molecule has 4 rings (SSSR count). The Morgan fingerprint density at radius 1 is 1.36 bits per heavy atom. The predicted octanol–water partition coefficient (Wildman–Crippen LogP) is 2.50. The molecular formula is C13H18O. The quantitative estimate of drug-likeness (QED) is 0.582. The van der Waals surface area contributed by atoms with E-state index in [1.165, 1.54) is 25.7 Å². The largest absolute Gasteiger partial charge is 0.390 e. The van der Waals surface area contributed by atoms with E-state index in [9.17, 15) is 5.11 Å². The molecule has 0 spiro atoms. The lowest BCUT2D eigenvalue weighted by molar-refractivity contribution is -0.00808. The second-order valence-corrected chi connectivity index (χ2v) is 6.20. The van der Waals surface area contributed by atoms with E-state index in [0.717, 1.165) is 24.2 Å². The highest BCUT2D eigenvalue weighted by molar-refractivity contribution is 5.40. The Balaban J connectivity index is 1.86. The Labute approximate surface area is 85.2 Å². The van der Waals surface area contributed by atoms with Crippen molar-refractivity contribution >= 4 is 0 Å².